The second-order valence-electron chi connectivity index (χ2n) is 24.9. The molecule has 2 fully saturated rings. The lowest BCUT2D eigenvalue weighted by Crippen LogP contribution is -2.47. The lowest BCUT2D eigenvalue weighted by Gasteiger charge is -2.38. The zero-order chi connectivity index (χ0) is 68.0. The molecule has 28 heteroatoms. The third kappa shape index (κ3) is 15.7. The van der Waals surface area contributed by atoms with E-state index >= 15 is 0 Å². The van der Waals surface area contributed by atoms with Crippen LogP contribution in [0.1, 0.15) is 93.2 Å². The molecule has 0 atom stereocenters. The van der Waals surface area contributed by atoms with Crippen molar-refractivity contribution in [2.75, 3.05) is 71.6 Å². The van der Waals surface area contributed by atoms with Crippen molar-refractivity contribution in [3.8, 4) is 51.0 Å². The van der Waals surface area contributed by atoms with Gasteiger partial charge in [0.1, 0.15) is 17.5 Å². The number of likely N-dealkylation sites (tertiary alicyclic amines) is 2. The first-order chi connectivity index (χ1) is 45.3. The molecule has 0 radical (unpaired) electrons. The number of carbonyl (C=O) groups is 1. The quantitative estimate of drug-likeness (QED) is 0.0374. The summed E-state index contributed by atoms with van der Waals surface area (Å²) in [6, 6.07) is 16.5. The molecule has 7 heterocycles. The summed E-state index contributed by atoms with van der Waals surface area (Å²) >= 11 is 0. The largest absolute Gasteiger partial charge is 0.481 e. The highest BCUT2D eigenvalue weighted by Crippen LogP contribution is 2.43. The maximum atomic E-state index is 14.9. The number of isocyanates is 1. The standard InChI is InChI=1S/C26H31FN6O4S.C16H13FN2O2.C15H15FN2O.C10H18N4O2S/c1-26(2,16-32-11-5-12-32)33-13-9-23(30-33)38(35,36)31-25(34)29-24-19-7-4-6-18(19)21(27)15-20(24)17-8-10-28-22(14-17)37-3;1-21-15-7-10(5-6-18-15)13-8-14(17)11-3-2-4-12(11)16(13)19-9-20;1-19-14-7-9(5-6-18-14)12-8-13(16)10-3-2-4-11(10)15(12)17;1-10(2,8-13-5-3-6-13)14-7-4-9(12-14)17(11,15)16/h8-10,13-15H,4-7,11-12,16H2,1-3H3,(H2,29,31,34);5-8H,2-4H2,1H3;5-8H,2-4,17H2,1H3;4,7H,3,5-6,8H2,1-2H3,(H2,11,15,16). The van der Waals surface area contributed by atoms with Gasteiger partial charge in [-0.3, -0.25) is 9.36 Å². The third-order valence-corrected chi connectivity index (χ3v) is 19.5. The molecule has 0 bridgehead atoms. The van der Waals surface area contributed by atoms with Crippen LogP contribution in [0.5, 0.6) is 17.6 Å². The molecule has 3 aliphatic carbocycles. The minimum Gasteiger partial charge on any atom is -0.481 e. The van der Waals surface area contributed by atoms with Gasteiger partial charge in [-0.2, -0.15) is 23.6 Å². The van der Waals surface area contributed by atoms with Gasteiger partial charge in [0.05, 0.1) is 43.8 Å². The van der Waals surface area contributed by atoms with Gasteiger partial charge in [-0.25, -0.2) is 56.0 Å². The summed E-state index contributed by atoms with van der Waals surface area (Å²) in [5.41, 5.74) is 15.3. The number of nitrogens with zero attached hydrogens (tertiary/aromatic N) is 10. The number of rotatable bonds is 17. The number of ether oxygens (including phenoxy) is 3. The van der Waals surface area contributed by atoms with Crippen molar-refractivity contribution in [1.82, 2.24) is 49.0 Å². The van der Waals surface area contributed by atoms with Crippen molar-refractivity contribution in [2.45, 2.75) is 119 Å². The maximum Gasteiger partial charge on any atom is 0.333 e. The van der Waals surface area contributed by atoms with Crippen LogP contribution in [0.2, 0.25) is 0 Å². The molecular weight excluding hydrogens is 1270 g/mol. The number of nitrogens with two attached hydrogens (primary N) is 2. The van der Waals surface area contributed by atoms with Gasteiger partial charge in [0.15, 0.2) is 10.1 Å². The Morgan fingerprint density at radius 2 is 0.989 bits per heavy atom. The van der Waals surface area contributed by atoms with Crippen LogP contribution < -0.4 is 35.1 Å². The van der Waals surface area contributed by atoms with E-state index in [-0.39, 0.29) is 33.0 Å². The Balaban J connectivity index is 0.000000147. The number of halogens is 3. The second kappa shape index (κ2) is 28.9. The number of pyridine rings is 3. The molecule has 23 nitrogen and oxygen atoms in total. The number of aliphatic imine (C=N–C) groups is 1. The summed E-state index contributed by atoms with van der Waals surface area (Å²) in [6.07, 6.45) is 18.7. The molecule has 0 unspecified atom stereocenters. The van der Waals surface area contributed by atoms with E-state index in [0.29, 0.717) is 92.9 Å². The molecule has 2 saturated heterocycles. The number of hydrogen-bond acceptors (Lipinski definition) is 18. The minimum absolute atomic E-state index is 0.0748. The highest BCUT2D eigenvalue weighted by molar-refractivity contribution is 7.90. The normalized spacial score (nSPS) is 14.9. The molecule has 95 heavy (non-hydrogen) atoms. The fourth-order valence-corrected chi connectivity index (χ4v) is 13.8. The van der Waals surface area contributed by atoms with Crippen LogP contribution in [0.15, 0.2) is 113 Å². The van der Waals surface area contributed by atoms with E-state index in [1.807, 2.05) is 33.8 Å². The van der Waals surface area contributed by atoms with Crippen molar-refractivity contribution in [1.29, 1.82) is 0 Å². The van der Waals surface area contributed by atoms with Gasteiger partial charge < -0.3 is 35.1 Å². The summed E-state index contributed by atoms with van der Waals surface area (Å²) in [5, 5.41) is 15.7. The van der Waals surface area contributed by atoms with Gasteiger partial charge in [0.25, 0.3) is 20.0 Å². The fraction of sp³-hybridized carbons (Fsp3) is 0.388. The predicted molar refractivity (Wildman–Crippen MR) is 353 cm³/mol. The topological polar surface area (TPSA) is 299 Å². The van der Waals surface area contributed by atoms with Crippen molar-refractivity contribution < 1.29 is 53.8 Å². The summed E-state index contributed by atoms with van der Waals surface area (Å²) in [4.78, 5) is 44.3. The first-order valence-electron chi connectivity index (χ1n) is 31.1. The van der Waals surface area contributed by atoms with E-state index < -0.39 is 31.6 Å². The highest BCUT2D eigenvalue weighted by Gasteiger charge is 2.33. The zero-order valence-corrected chi connectivity index (χ0v) is 55.6. The number of anilines is 2. The van der Waals surface area contributed by atoms with Crippen LogP contribution in [0.3, 0.4) is 0 Å². The first kappa shape index (κ1) is 68.8. The SMILES string of the molecule is CC(C)(CN1CCC1)n1ccc(S(N)(=O)=O)n1.COc1cc(-c2cc(F)c3c(c2N)CCC3)ccn1.COc1cc(-c2cc(F)c3c(c2N=C=O)CCC3)ccn1.COc1cc(-c2cc(F)c3c(c2NC(=O)NS(=O)(=O)c2ccn(C(C)(C)CN4CCC4)n2)CCC3)ccn1. The van der Waals surface area contributed by atoms with E-state index in [2.05, 4.69) is 50.0 Å². The van der Waals surface area contributed by atoms with Crippen LogP contribution in [-0.4, -0.2) is 134 Å². The van der Waals surface area contributed by atoms with Crippen LogP contribution in [0.25, 0.3) is 33.4 Å². The predicted octanol–water partition coefficient (Wildman–Crippen LogP) is 9.82. The fourth-order valence-electron chi connectivity index (χ4n) is 12.5. The Hall–Kier alpha value is -9.05. The molecule has 502 valence electrons. The summed E-state index contributed by atoms with van der Waals surface area (Å²) in [6.45, 7) is 13.9. The van der Waals surface area contributed by atoms with Gasteiger partial charge in [-0.05, 0) is 223 Å². The van der Waals surface area contributed by atoms with E-state index in [9.17, 15) is 39.6 Å². The number of fused-ring (bicyclic) bond motifs is 3. The van der Waals surface area contributed by atoms with Gasteiger partial charge in [0, 0.05) is 84.7 Å². The molecule has 2 aliphatic heterocycles. The van der Waals surface area contributed by atoms with Gasteiger partial charge in [0.2, 0.25) is 23.7 Å². The summed E-state index contributed by atoms with van der Waals surface area (Å²) in [7, 11) is -3.43. The molecular formula is C67H77F3N14O9S2. The molecule has 3 aromatic carbocycles. The number of urea groups is 1. The number of sulfonamides is 2. The van der Waals surface area contributed by atoms with E-state index in [4.69, 9.17) is 25.1 Å². The minimum atomic E-state index is -4.26. The average molecular weight is 1340 g/mol. The number of primary sulfonamides is 1. The molecule has 13 rings (SSSR count). The maximum absolute atomic E-state index is 14.9. The summed E-state index contributed by atoms with van der Waals surface area (Å²) < 4.78 is 112. The number of benzene rings is 3. The van der Waals surface area contributed by atoms with Crippen LogP contribution >= 0.6 is 0 Å². The third-order valence-electron chi connectivity index (χ3n) is 17.5. The number of aromatic nitrogens is 7. The highest BCUT2D eigenvalue weighted by atomic mass is 32.2. The van der Waals surface area contributed by atoms with Gasteiger partial charge >= 0.3 is 6.03 Å². The van der Waals surface area contributed by atoms with Crippen molar-refractivity contribution in [3.05, 3.63) is 149 Å². The van der Waals surface area contributed by atoms with Crippen molar-refractivity contribution >= 4 is 49.2 Å². The van der Waals surface area contributed by atoms with Crippen molar-refractivity contribution in [2.24, 2.45) is 10.1 Å². The Labute approximate surface area is 550 Å². The van der Waals surface area contributed by atoms with Gasteiger partial charge in [-0.1, -0.05) is 0 Å². The Morgan fingerprint density at radius 3 is 1.45 bits per heavy atom. The monoisotopic (exact) mass is 1340 g/mol. The zero-order valence-electron chi connectivity index (χ0n) is 54.0. The van der Waals surface area contributed by atoms with E-state index in [0.717, 1.165) is 112 Å². The molecule has 0 spiro atoms. The van der Waals surface area contributed by atoms with Crippen LogP contribution in [0, 0.1) is 17.5 Å². The van der Waals surface area contributed by atoms with Crippen LogP contribution in [0.4, 0.5) is 35.0 Å². The summed E-state index contributed by atoms with van der Waals surface area (Å²) in [5.74, 6) is 0.472. The molecule has 5 aliphatic rings. The first-order valence-corrected chi connectivity index (χ1v) is 34.1. The second-order valence-corrected chi connectivity index (χ2v) is 28.1. The molecule has 6 N–H and O–H groups in total. The number of carbonyl (C=O) groups excluding carboxylic acids is 2. The van der Waals surface area contributed by atoms with Crippen molar-refractivity contribution in [3.63, 3.8) is 0 Å². The molecule has 2 amide bonds. The Morgan fingerprint density at radius 1 is 0.579 bits per heavy atom. The lowest BCUT2D eigenvalue weighted by molar-refractivity contribution is 0.112. The average Bonchev–Trinajstić information content (AvgIpc) is 1.73. The van der Waals surface area contributed by atoms with Crippen LogP contribution in [-0.2, 0) is 74.4 Å². The number of amides is 2. The van der Waals surface area contributed by atoms with E-state index in [1.54, 1.807) is 77.7 Å². The Bertz CT molecular complexity index is 4450. The molecule has 0 saturated carbocycles. The molecule has 5 aromatic heterocycles. The molecule has 8 aromatic rings. The van der Waals surface area contributed by atoms with E-state index in [1.165, 1.54) is 57.2 Å². The smallest absolute Gasteiger partial charge is 0.333 e. The Kier molecular flexibility index (Phi) is 20.9. The van der Waals surface area contributed by atoms with Gasteiger partial charge in [-0.15, -0.1) is 0 Å². The number of nitrogen functional groups attached to an aromatic ring is 1. The number of hydrogen-bond donors (Lipinski definition) is 4. The lowest BCUT2D eigenvalue weighted by atomic mass is 9.97. The number of nitrogens with one attached hydrogen (secondary N) is 2. The number of methoxy groups -OCH3 is 3.